The van der Waals surface area contributed by atoms with Crippen molar-refractivity contribution in [1.29, 1.82) is 0 Å². The zero-order valence-electron chi connectivity index (χ0n) is 15.5. The third-order valence-corrected chi connectivity index (χ3v) is 9.10. The molecule has 0 aliphatic heterocycles. The van der Waals surface area contributed by atoms with Crippen molar-refractivity contribution < 1.29 is 15.0 Å². The van der Waals surface area contributed by atoms with Gasteiger partial charge < -0.3 is 10.2 Å². The molecule has 3 nitrogen and oxygen atoms in total. The number of ketones is 1. The van der Waals surface area contributed by atoms with E-state index < -0.39 is 6.10 Å². The van der Waals surface area contributed by atoms with Crippen molar-refractivity contribution in [2.24, 2.45) is 40.4 Å². The molecule has 0 heterocycles. The van der Waals surface area contributed by atoms with Gasteiger partial charge in [0.25, 0.3) is 0 Å². The Bertz CT molecular complexity index is 531. The van der Waals surface area contributed by atoms with E-state index in [1.54, 1.807) is 6.92 Å². The summed E-state index contributed by atoms with van der Waals surface area (Å²) in [5.41, 5.74) is 0.368. The van der Waals surface area contributed by atoms with Crippen molar-refractivity contribution in [2.45, 2.75) is 84.3 Å². The van der Waals surface area contributed by atoms with Crippen LogP contribution in [0.5, 0.6) is 0 Å². The molecule has 136 valence electrons. The molecule has 0 spiro atoms. The highest BCUT2D eigenvalue weighted by Crippen LogP contribution is 2.67. The second-order valence-electron chi connectivity index (χ2n) is 10.0. The van der Waals surface area contributed by atoms with E-state index in [1.165, 1.54) is 19.3 Å². The molecule has 0 aromatic carbocycles. The summed E-state index contributed by atoms with van der Waals surface area (Å²) in [6.07, 6.45) is 8.14. The summed E-state index contributed by atoms with van der Waals surface area (Å²) in [6, 6.07) is 0. The highest BCUT2D eigenvalue weighted by Gasteiger charge is 2.62. The van der Waals surface area contributed by atoms with Gasteiger partial charge in [-0.3, -0.25) is 4.79 Å². The minimum atomic E-state index is -0.435. The van der Waals surface area contributed by atoms with Crippen molar-refractivity contribution in [3.05, 3.63) is 0 Å². The highest BCUT2D eigenvalue weighted by atomic mass is 16.3. The topological polar surface area (TPSA) is 57.5 Å². The maximum Gasteiger partial charge on any atom is 0.136 e. The molecular weight excluding hydrogens is 300 g/mol. The van der Waals surface area contributed by atoms with Crippen molar-refractivity contribution in [3.63, 3.8) is 0 Å². The maximum absolute atomic E-state index is 12.2. The maximum atomic E-state index is 12.2. The Morgan fingerprint density at radius 2 is 1.62 bits per heavy atom. The lowest BCUT2D eigenvalue weighted by atomic mass is 9.44. The van der Waals surface area contributed by atoms with Gasteiger partial charge >= 0.3 is 0 Å². The first kappa shape index (κ1) is 17.0. The van der Waals surface area contributed by atoms with E-state index in [9.17, 15) is 15.0 Å². The van der Waals surface area contributed by atoms with E-state index in [0.29, 0.717) is 23.2 Å². The highest BCUT2D eigenvalue weighted by molar-refractivity contribution is 5.80. The van der Waals surface area contributed by atoms with Crippen LogP contribution in [0.1, 0.15) is 72.1 Å². The molecule has 9 atom stereocenters. The number of carbonyl (C=O) groups is 1. The van der Waals surface area contributed by atoms with E-state index in [1.807, 2.05) is 0 Å². The van der Waals surface area contributed by atoms with Gasteiger partial charge in [-0.05, 0) is 92.8 Å². The van der Waals surface area contributed by atoms with Crippen molar-refractivity contribution in [2.75, 3.05) is 0 Å². The van der Waals surface area contributed by atoms with E-state index in [0.717, 1.165) is 38.0 Å². The van der Waals surface area contributed by atoms with Gasteiger partial charge in [0.05, 0.1) is 12.2 Å². The van der Waals surface area contributed by atoms with Crippen molar-refractivity contribution in [1.82, 2.24) is 0 Å². The lowest BCUT2D eigenvalue weighted by molar-refractivity contribution is -0.140. The summed E-state index contributed by atoms with van der Waals surface area (Å²) >= 11 is 0. The van der Waals surface area contributed by atoms with Gasteiger partial charge in [0.1, 0.15) is 5.78 Å². The third kappa shape index (κ3) is 2.19. The Balaban J connectivity index is 1.64. The monoisotopic (exact) mass is 334 g/mol. The molecule has 24 heavy (non-hydrogen) atoms. The fraction of sp³-hybridized carbons (Fsp3) is 0.952. The number of Topliss-reactive ketones (excluding diaryl/α,β-unsaturated/α-hetero) is 1. The second kappa shape index (κ2) is 5.54. The van der Waals surface area contributed by atoms with Gasteiger partial charge in [0, 0.05) is 5.92 Å². The van der Waals surface area contributed by atoms with Gasteiger partial charge in [0.2, 0.25) is 0 Å². The van der Waals surface area contributed by atoms with E-state index in [-0.39, 0.29) is 23.2 Å². The first-order valence-corrected chi connectivity index (χ1v) is 10.1. The molecule has 3 heteroatoms. The predicted octanol–water partition coefficient (Wildman–Crippen LogP) is 3.57. The van der Waals surface area contributed by atoms with Gasteiger partial charge in [-0.25, -0.2) is 0 Å². The van der Waals surface area contributed by atoms with E-state index >= 15 is 0 Å². The largest absolute Gasteiger partial charge is 0.393 e. The molecule has 0 amide bonds. The van der Waals surface area contributed by atoms with Crippen LogP contribution in [0.3, 0.4) is 0 Å². The molecule has 4 aliphatic rings. The van der Waals surface area contributed by atoms with Crippen LogP contribution in [-0.4, -0.2) is 28.2 Å². The Hall–Kier alpha value is -0.410. The summed E-state index contributed by atoms with van der Waals surface area (Å²) in [7, 11) is 0. The van der Waals surface area contributed by atoms with Crippen LogP contribution in [0.25, 0.3) is 0 Å². The number of hydrogen-bond acceptors (Lipinski definition) is 3. The molecule has 4 fully saturated rings. The average Bonchev–Trinajstić information content (AvgIpc) is 2.78. The number of carbonyl (C=O) groups excluding carboxylic acids is 1. The molecule has 4 aliphatic carbocycles. The van der Waals surface area contributed by atoms with Crippen LogP contribution in [0.4, 0.5) is 0 Å². The van der Waals surface area contributed by atoms with Crippen LogP contribution >= 0.6 is 0 Å². The SMILES string of the molecule is CC(=O)[C@@H]1[C@H](O)C[C@@H]2[C@@H]3CC[C@H]4C[C@H](O)CC[C@]4(C)[C@@H]3CC[C@]21C. The number of rotatable bonds is 1. The molecule has 2 N–H and O–H groups in total. The Morgan fingerprint density at radius 1 is 0.917 bits per heavy atom. The lowest BCUT2D eigenvalue weighted by Gasteiger charge is -2.60. The zero-order chi connectivity index (χ0) is 17.3. The summed E-state index contributed by atoms with van der Waals surface area (Å²) in [4.78, 5) is 12.2. The average molecular weight is 335 g/mol. The fourth-order valence-electron chi connectivity index (χ4n) is 7.98. The summed E-state index contributed by atoms with van der Waals surface area (Å²) in [5, 5.41) is 20.7. The Morgan fingerprint density at radius 3 is 2.33 bits per heavy atom. The third-order valence-electron chi connectivity index (χ3n) is 9.10. The van der Waals surface area contributed by atoms with Gasteiger partial charge in [-0.15, -0.1) is 0 Å². The molecule has 0 aromatic heterocycles. The normalized spacial score (nSPS) is 57.0. The molecule has 0 radical (unpaired) electrons. The van der Waals surface area contributed by atoms with Crippen molar-refractivity contribution in [3.8, 4) is 0 Å². The molecule has 4 rings (SSSR count). The molecule has 0 bridgehead atoms. The lowest BCUT2D eigenvalue weighted by Crippen LogP contribution is -2.54. The summed E-state index contributed by atoms with van der Waals surface area (Å²) in [6.45, 7) is 6.44. The van der Waals surface area contributed by atoms with Crippen molar-refractivity contribution >= 4 is 5.78 Å². The number of hydrogen-bond donors (Lipinski definition) is 2. The minimum Gasteiger partial charge on any atom is -0.393 e. The van der Waals surface area contributed by atoms with Crippen LogP contribution < -0.4 is 0 Å². The predicted molar refractivity (Wildman–Crippen MR) is 93.3 cm³/mol. The summed E-state index contributed by atoms with van der Waals surface area (Å²) < 4.78 is 0. The molecule has 0 unspecified atom stereocenters. The number of fused-ring (bicyclic) bond motifs is 5. The van der Waals surface area contributed by atoms with Gasteiger partial charge in [-0.2, -0.15) is 0 Å². The minimum absolute atomic E-state index is 0.00376. The summed E-state index contributed by atoms with van der Waals surface area (Å²) in [5.74, 6) is 2.60. The van der Waals surface area contributed by atoms with Crippen LogP contribution in [0.15, 0.2) is 0 Å². The first-order valence-electron chi connectivity index (χ1n) is 10.1. The van der Waals surface area contributed by atoms with Gasteiger partial charge in [0.15, 0.2) is 0 Å². The van der Waals surface area contributed by atoms with Crippen LogP contribution in [0.2, 0.25) is 0 Å². The molecule has 0 aromatic rings. The van der Waals surface area contributed by atoms with Gasteiger partial charge in [-0.1, -0.05) is 13.8 Å². The quantitative estimate of drug-likeness (QED) is 0.771. The van der Waals surface area contributed by atoms with Crippen LogP contribution in [0, 0.1) is 40.4 Å². The number of aliphatic hydroxyl groups excluding tert-OH is 2. The van der Waals surface area contributed by atoms with E-state index in [4.69, 9.17) is 0 Å². The standard InChI is InChI=1S/C21H34O3/c1-12(22)19-18(24)11-17-15-5-4-13-10-14(23)6-8-20(13,2)16(15)7-9-21(17,19)3/h13-19,23-24H,4-11H2,1-3H3/t13-,14+,15+,16+,17+,18+,19+,20-,21+/m0/s1. The Kier molecular flexibility index (Phi) is 3.93. The first-order chi connectivity index (χ1) is 11.3. The molecular formula is C21H34O3. The van der Waals surface area contributed by atoms with Crippen LogP contribution in [-0.2, 0) is 4.79 Å². The van der Waals surface area contributed by atoms with E-state index in [2.05, 4.69) is 13.8 Å². The number of aliphatic hydroxyl groups is 2. The fourth-order valence-corrected chi connectivity index (χ4v) is 7.98. The zero-order valence-corrected chi connectivity index (χ0v) is 15.5. The smallest absolute Gasteiger partial charge is 0.136 e. The molecule has 4 saturated carbocycles. The molecule has 0 saturated heterocycles. The second-order valence-corrected chi connectivity index (χ2v) is 10.0. The Labute approximate surface area is 146 Å².